The molecule has 9 heteroatoms. The number of rotatable bonds is 47. The van der Waals surface area contributed by atoms with Crippen molar-refractivity contribution >= 4 is 13.7 Å². The lowest BCUT2D eigenvalue weighted by Gasteiger charge is -2.29. The molecular weight excluding hydrogens is 804 g/mol. The van der Waals surface area contributed by atoms with Crippen molar-refractivity contribution in [3.63, 3.8) is 0 Å². The fourth-order valence-electron chi connectivity index (χ4n) is 7.38. The molecule has 0 saturated heterocycles. The van der Waals surface area contributed by atoms with Crippen LogP contribution in [0.4, 0.5) is 0 Å². The van der Waals surface area contributed by atoms with Crippen molar-refractivity contribution in [2.75, 3.05) is 40.9 Å². The highest BCUT2D eigenvalue weighted by atomic mass is 31.2. The van der Waals surface area contributed by atoms with Crippen molar-refractivity contribution in [2.24, 2.45) is 0 Å². The van der Waals surface area contributed by atoms with E-state index in [0.717, 1.165) is 64.2 Å². The van der Waals surface area contributed by atoms with E-state index < -0.39 is 20.0 Å². The SMILES string of the molecule is CC/C=C\C/C=C\C/C=C\C/C=C\CCCCCCCCCCCCCCC(=O)NC(COP(=O)([O-])OCC[N+](C)(C)C)C(O)/C=C/CCCCCCCCCCCCCCCC. The lowest BCUT2D eigenvalue weighted by atomic mass is 10.0. The number of hydrogen-bond donors (Lipinski definition) is 2. The molecule has 0 aromatic rings. The van der Waals surface area contributed by atoms with Gasteiger partial charge in [-0.15, -0.1) is 0 Å². The summed E-state index contributed by atoms with van der Waals surface area (Å²) in [6.45, 7) is 4.54. The molecule has 1 amide bonds. The molecule has 0 fully saturated rings. The molecule has 63 heavy (non-hydrogen) atoms. The van der Waals surface area contributed by atoms with Gasteiger partial charge in [-0.3, -0.25) is 9.36 Å². The van der Waals surface area contributed by atoms with E-state index in [-0.39, 0.29) is 19.1 Å². The maximum atomic E-state index is 12.9. The molecule has 0 aliphatic rings. The number of allylic oxidation sites excluding steroid dienone is 9. The van der Waals surface area contributed by atoms with E-state index in [1.165, 1.54) is 141 Å². The summed E-state index contributed by atoms with van der Waals surface area (Å²) >= 11 is 0. The van der Waals surface area contributed by atoms with Crippen LogP contribution >= 0.6 is 7.82 Å². The Morgan fingerprint density at radius 3 is 1.41 bits per heavy atom. The maximum Gasteiger partial charge on any atom is 0.268 e. The Hall–Kier alpha value is -1.80. The summed E-state index contributed by atoms with van der Waals surface area (Å²) in [5.74, 6) is -0.201. The first-order chi connectivity index (χ1) is 30.5. The number of phosphoric acid groups is 1. The molecule has 3 atom stereocenters. The minimum Gasteiger partial charge on any atom is -0.756 e. The molecule has 0 bridgehead atoms. The zero-order chi connectivity index (χ0) is 46.4. The topological polar surface area (TPSA) is 108 Å². The van der Waals surface area contributed by atoms with Gasteiger partial charge in [-0.25, -0.2) is 0 Å². The molecule has 0 radical (unpaired) electrons. The van der Waals surface area contributed by atoms with Crippen LogP contribution in [0.5, 0.6) is 0 Å². The van der Waals surface area contributed by atoms with Gasteiger partial charge in [-0.1, -0.05) is 222 Å². The standard InChI is InChI=1S/C54H101N2O6P/c1-6-8-10-12-14-16-18-20-22-24-25-26-27-28-29-30-31-32-34-36-38-40-42-44-46-48-54(58)55-52(51-62-63(59,60)61-50-49-56(3,4)5)53(57)47-45-43-41-39-37-35-33-23-21-19-17-15-13-11-9-7-2/h8,10,14,16,20,22,25-26,45,47,52-53,57H,6-7,9,11-13,15,17-19,21,23-24,27-44,46,48-51H2,1-5H3,(H-,55,58,59,60)/b10-8-,16-14-,22-20-,26-25-,47-45+. The minimum absolute atomic E-state index is 0.00281. The Bertz CT molecular complexity index is 1210. The third-order valence-corrected chi connectivity index (χ3v) is 12.4. The van der Waals surface area contributed by atoms with E-state index in [2.05, 4.69) is 67.8 Å². The average molecular weight is 905 g/mol. The first-order valence-corrected chi connectivity index (χ1v) is 27.6. The quantitative estimate of drug-likeness (QED) is 0.0273. The zero-order valence-electron chi connectivity index (χ0n) is 41.8. The number of quaternary nitrogens is 1. The Kier molecular flexibility index (Phi) is 44.1. The van der Waals surface area contributed by atoms with Crippen molar-refractivity contribution in [1.29, 1.82) is 0 Å². The van der Waals surface area contributed by atoms with Crippen molar-refractivity contribution < 1.29 is 32.9 Å². The van der Waals surface area contributed by atoms with E-state index in [1.807, 2.05) is 27.2 Å². The summed E-state index contributed by atoms with van der Waals surface area (Å²) in [4.78, 5) is 25.4. The number of aliphatic hydroxyl groups excluding tert-OH is 1. The zero-order valence-corrected chi connectivity index (χ0v) is 42.7. The molecule has 0 rings (SSSR count). The number of likely N-dealkylation sites (N-methyl/N-ethyl adjacent to an activating group) is 1. The van der Waals surface area contributed by atoms with Crippen LogP contribution in [-0.2, 0) is 18.4 Å². The lowest BCUT2D eigenvalue weighted by molar-refractivity contribution is -0.870. The predicted octanol–water partition coefficient (Wildman–Crippen LogP) is 14.7. The van der Waals surface area contributed by atoms with Gasteiger partial charge in [0.05, 0.1) is 39.9 Å². The van der Waals surface area contributed by atoms with Crippen molar-refractivity contribution in [3.8, 4) is 0 Å². The summed E-state index contributed by atoms with van der Waals surface area (Å²) in [6, 6.07) is -0.889. The second-order valence-electron chi connectivity index (χ2n) is 18.9. The molecule has 3 unspecified atom stereocenters. The number of amides is 1. The van der Waals surface area contributed by atoms with E-state index in [1.54, 1.807) is 6.08 Å². The molecule has 0 heterocycles. The summed E-state index contributed by atoms with van der Waals surface area (Å²) in [5, 5.41) is 13.8. The molecule has 368 valence electrons. The largest absolute Gasteiger partial charge is 0.756 e. The Morgan fingerprint density at radius 2 is 0.968 bits per heavy atom. The summed E-state index contributed by atoms with van der Waals surface area (Å²) in [5.41, 5.74) is 0. The fraction of sp³-hybridized carbons (Fsp3) is 0.796. The van der Waals surface area contributed by atoms with Crippen LogP contribution in [0.3, 0.4) is 0 Å². The van der Waals surface area contributed by atoms with E-state index in [9.17, 15) is 19.4 Å². The number of nitrogens with zero attached hydrogens (tertiary/aromatic N) is 1. The average Bonchev–Trinajstić information content (AvgIpc) is 3.24. The summed E-state index contributed by atoms with van der Waals surface area (Å²) in [6.07, 6.45) is 59.9. The van der Waals surface area contributed by atoms with E-state index in [4.69, 9.17) is 9.05 Å². The molecule has 0 aromatic carbocycles. The molecule has 8 nitrogen and oxygen atoms in total. The minimum atomic E-state index is -4.59. The maximum absolute atomic E-state index is 12.9. The van der Waals surface area contributed by atoms with Crippen LogP contribution in [0, 0.1) is 0 Å². The number of phosphoric ester groups is 1. The fourth-order valence-corrected chi connectivity index (χ4v) is 8.10. The van der Waals surface area contributed by atoms with Crippen LogP contribution in [-0.4, -0.2) is 68.5 Å². The van der Waals surface area contributed by atoms with E-state index in [0.29, 0.717) is 17.4 Å². The second kappa shape index (κ2) is 45.4. The van der Waals surface area contributed by atoms with Crippen LogP contribution in [0.15, 0.2) is 60.8 Å². The number of carbonyl (C=O) groups is 1. The number of unbranched alkanes of at least 4 members (excludes halogenated alkanes) is 26. The summed E-state index contributed by atoms with van der Waals surface area (Å²) in [7, 11) is 1.26. The monoisotopic (exact) mass is 905 g/mol. The van der Waals surface area contributed by atoms with Gasteiger partial charge in [-0.05, 0) is 57.8 Å². The van der Waals surface area contributed by atoms with Gasteiger partial charge in [0.1, 0.15) is 13.2 Å². The molecule has 0 aliphatic carbocycles. The molecular formula is C54H101N2O6P. The Labute approximate surface area is 390 Å². The third kappa shape index (κ3) is 48.0. The lowest BCUT2D eigenvalue weighted by Crippen LogP contribution is -2.45. The van der Waals surface area contributed by atoms with Crippen LogP contribution in [0.2, 0.25) is 0 Å². The first-order valence-electron chi connectivity index (χ1n) is 26.2. The highest BCUT2D eigenvalue weighted by molar-refractivity contribution is 7.45. The molecule has 2 N–H and O–H groups in total. The first kappa shape index (κ1) is 61.2. The number of nitrogens with one attached hydrogen (secondary N) is 1. The summed E-state index contributed by atoms with van der Waals surface area (Å²) < 4.78 is 23.3. The molecule has 0 aliphatic heterocycles. The molecule has 0 saturated carbocycles. The molecule has 0 aromatic heterocycles. The molecule has 0 spiro atoms. The predicted molar refractivity (Wildman–Crippen MR) is 270 cm³/mol. The van der Waals surface area contributed by atoms with Gasteiger partial charge in [0.15, 0.2) is 0 Å². The van der Waals surface area contributed by atoms with Gasteiger partial charge in [0, 0.05) is 6.42 Å². The second-order valence-corrected chi connectivity index (χ2v) is 20.3. The highest BCUT2D eigenvalue weighted by Gasteiger charge is 2.23. The van der Waals surface area contributed by atoms with Gasteiger partial charge in [0.2, 0.25) is 5.91 Å². The Morgan fingerprint density at radius 1 is 0.571 bits per heavy atom. The number of carbonyl (C=O) groups excluding carboxylic acids is 1. The van der Waals surface area contributed by atoms with Crippen molar-refractivity contribution in [1.82, 2.24) is 5.32 Å². The third-order valence-electron chi connectivity index (χ3n) is 11.5. The highest BCUT2D eigenvalue weighted by Crippen LogP contribution is 2.38. The van der Waals surface area contributed by atoms with Crippen molar-refractivity contribution in [3.05, 3.63) is 60.8 Å². The normalized spacial score (nSPS) is 14.6. The van der Waals surface area contributed by atoms with Gasteiger partial charge in [0.25, 0.3) is 7.82 Å². The van der Waals surface area contributed by atoms with Crippen LogP contribution in [0.25, 0.3) is 0 Å². The number of aliphatic hydroxyl groups is 1. The van der Waals surface area contributed by atoms with Crippen LogP contribution in [0.1, 0.15) is 226 Å². The van der Waals surface area contributed by atoms with Gasteiger partial charge >= 0.3 is 0 Å². The van der Waals surface area contributed by atoms with Crippen molar-refractivity contribution in [2.45, 2.75) is 238 Å². The van der Waals surface area contributed by atoms with Gasteiger partial charge < -0.3 is 28.8 Å². The van der Waals surface area contributed by atoms with Crippen LogP contribution < -0.4 is 10.2 Å². The Balaban J connectivity index is 4.25. The van der Waals surface area contributed by atoms with E-state index >= 15 is 0 Å². The van der Waals surface area contributed by atoms with Gasteiger partial charge in [-0.2, -0.15) is 0 Å². The smallest absolute Gasteiger partial charge is 0.268 e. The number of hydrogen-bond acceptors (Lipinski definition) is 6.